The second kappa shape index (κ2) is 6.31. The first kappa shape index (κ1) is 14.2. The van der Waals surface area contributed by atoms with E-state index in [9.17, 15) is 4.79 Å². The second-order valence-electron chi connectivity index (χ2n) is 3.79. The molecule has 2 aromatic rings. The van der Waals surface area contributed by atoms with E-state index < -0.39 is 5.91 Å². The highest BCUT2D eigenvalue weighted by atomic mass is 32.1. The molecule has 1 aromatic heterocycles. The summed E-state index contributed by atoms with van der Waals surface area (Å²) in [6.07, 6.45) is 1.61. The summed E-state index contributed by atoms with van der Waals surface area (Å²) in [5, 5.41) is 12.7. The van der Waals surface area contributed by atoms with Gasteiger partial charge in [0.2, 0.25) is 5.88 Å². The Labute approximate surface area is 120 Å². The fraction of sp³-hybridized carbons (Fsp3) is 0.167. The second-order valence-corrected chi connectivity index (χ2v) is 4.20. The average molecular weight is 295 g/mol. The van der Waals surface area contributed by atoms with Crippen LogP contribution in [0.4, 0.5) is 0 Å². The maximum Gasteiger partial charge on any atom is 0.275 e. The zero-order valence-corrected chi connectivity index (χ0v) is 11.5. The van der Waals surface area contributed by atoms with E-state index in [1.165, 1.54) is 11.2 Å². The van der Waals surface area contributed by atoms with Gasteiger partial charge in [-0.2, -0.15) is 0 Å². The van der Waals surface area contributed by atoms with Gasteiger partial charge in [-0.25, -0.2) is 9.57 Å². The lowest BCUT2D eigenvalue weighted by atomic mass is 10.1. The minimum Gasteiger partial charge on any atom is -0.496 e. The molecule has 8 heteroatoms. The molecule has 1 aromatic carbocycles. The van der Waals surface area contributed by atoms with Gasteiger partial charge in [-0.3, -0.25) is 10.0 Å². The number of ether oxygens (including phenoxy) is 2. The molecule has 0 aliphatic heterocycles. The van der Waals surface area contributed by atoms with E-state index in [0.29, 0.717) is 17.2 Å². The van der Waals surface area contributed by atoms with Gasteiger partial charge in [0.1, 0.15) is 12.4 Å². The Hall–Kier alpha value is -2.19. The molecule has 1 amide bonds. The van der Waals surface area contributed by atoms with Crippen molar-refractivity contribution in [1.29, 1.82) is 0 Å². The maximum absolute atomic E-state index is 11.6. The lowest BCUT2D eigenvalue weighted by Crippen LogP contribution is -2.21. The smallest absolute Gasteiger partial charge is 0.275 e. The van der Waals surface area contributed by atoms with Crippen LogP contribution in [-0.2, 0) is 6.61 Å². The third kappa shape index (κ3) is 3.03. The van der Waals surface area contributed by atoms with Crippen molar-refractivity contribution in [2.75, 3.05) is 7.11 Å². The average Bonchev–Trinajstić information content (AvgIpc) is 2.89. The predicted octanol–water partition coefficient (Wildman–Crippen LogP) is 1.28. The van der Waals surface area contributed by atoms with Gasteiger partial charge < -0.3 is 9.47 Å². The Bertz CT molecular complexity index is 614. The number of rotatable bonds is 5. The zero-order chi connectivity index (χ0) is 14.5. The van der Waals surface area contributed by atoms with Crippen molar-refractivity contribution in [2.45, 2.75) is 6.61 Å². The molecule has 2 rings (SSSR count). The van der Waals surface area contributed by atoms with Crippen LogP contribution in [0.15, 0.2) is 30.5 Å². The molecule has 0 aliphatic carbocycles. The van der Waals surface area contributed by atoms with Gasteiger partial charge in [0.15, 0.2) is 0 Å². The van der Waals surface area contributed by atoms with Crippen LogP contribution in [0.1, 0.15) is 15.9 Å². The van der Waals surface area contributed by atoms with Crippen molar-refractivity contribution < 1.29 is 19.5 Å². The molecule has 1 heterocycles. The molecular weight excluding hydrogens is 282 g/mol. The molecule has 106 valence electrons. The van der Waals surface area contributed by atoms with Crippen molar-refractivity contribution in [3.05, 3.63) is 41.6 Å². The topological polar surface area (TPSA) is 85.6 Å². The summed E-state index contributed by atoms with van der Waals surface area (Å²) >= 11 is 4.00. The third-order valence-corrected chi connectivity index (χ3v) is 2.84. The van der Waals surface area contributed by atoms with Crippen LogP contribution in [-0.4, -0.2) is 27.4 Å². The number of hydroxylamine groups is 1. The predicted molar refractivity (Wildman–Crippen MR) is 73.2 cm³/mol. The Balaban J connectivity index is 2.26. The van der Waals surface area contributed by atoms with Gasteiger partial charge in [-0.05, 0) is 24.9 Å². The number of amides is 1. The molecule has 2 N–H and O–H groups in total. The number of aromatic nitrogens is 2. The number of methoxy groups -OCH3 is 1. The molecule has 0 spiro atoms. The molecule has 0 aliphatic rings. The highest BCUT2D eigenvalue weighted by molar-refractivity contribution is 7.78. The fourth-order valence-corrected chi connectivity index (χ4v) is 1.85. The first-order chi connectivity index (χ1) is 9.65. The number of carbonyl (C=O) groups is 1. The van der Waals surface area contributed by atoms with Crippen LogP contribution in [0.2, 0.25) is 0 Å². The van der Waals surface area contributed by atoms with E-state index in [4.69, 9.17) is 14.7 Å². The quantitative estimate of drug-likeness (QED) is 0.439. The minimum atomic E-state index is -0.637. The van der Waals surface area contributed by atoms with Gasteiger partial charge in [-0.1, -0.05) is 6.07 Å². The molecule has 0 radical (unpaired) electrons. The number of hydrogen-bond acceptors (Lipinski definition) is 6. The van der Waals surface area contributed by atoms with Crippen molar-refractivity contribution in [2.24, 2.45) is 0 Å². The van der Waals surface area contributed by atoms with Crippen molar-refractivity contribution in [3.8, 4) is 11.6 Å². The van der Waals surface area contributed by atoms with Crippen molar-refractivity contribution >= 4 is 18.7 Å². The molecule has 0 saturated carbocycles. The summed E-state index contributed by atoms with van der Waals surface area (Å²) in [4.78, 5) is 11.6. The third-order valence-electron chi connectivity index (χ3n) is 2.61. The standard InChI is InChI=1S/C12H13N3O4S/c1-18-10-4-2-3-8(12(16)14-17)9(10)7-19-11-5-6-15(20)13-11/h2-6,17,20H,7H2,1H3,(H,14,16). The Kier molecular flexibility index (Phi) is 4.49. The van der Waals surface area contributed by atoms with Crippen LogP contribution in [0, 0.1) is 0 Å². The van der Waals surface area contributed by atoms with Crippen LogP contribution >= 0.6 is 12.8 Å². The number of thiol groups is 1. The van der Waals surface area contributed by atoms with Crippen molar-refractivity contribution in [3.63, 3.8) is 0 Å². The van der Waals surface area contributed by atoms with Gasteiger partial charge in [0.25, 0.3) is 5.91 Å². The van der Waals surface area contributed by atoms with Gasteiger partial charge in [0.05, 0.1) is 12.7 Å². The van der Waals surface area contributed by atoms with Crippen molar-refractivity contribution in [1.82, 2.24) is 14.7 Å². The highest BCUT2D eigenvalue weighted by Crippen LogP contribution is 2.24. The summed E-state index contributed by atoms with van der Waals surface area (Å²) in [7, 11) is 1.49. The summed E-state index contributed by atoms with van der Waals surface area (Å²) in [5.74, 6) is 0.208. The summed E-state index contributed by atoms with van der Waals surface area (Å²) in [6.45, 7) is 0.0670. The fourth-order valence-electron chi connectivity index (χ4n) is 1.70. The largest absolute Gasteiger partial charge is 0.496 e. The molecule has 0 fully saturated rings. The van der Waals surface area contributed by atoms with E-state index in [0.717, 1.165) is 0 Å². The van der Waals surface area contributed by atoms with E-state index in [-0.39, 0.29) is 12.2 Å². The number of hydrogen-bond donors (Lipinski definition) is 3. The van der Waals surface area contributed by atoms with E-state index in [2.05, 4.69) is 17.9 Å². The summed E-state index contributed by atoms with van der Waals surface area (Å²) in [6, 6.07) is 6.54. The van der Waals surface area contributed by atoms with Gasteiger partial charge >= 0.3 is 0 Å². The molecule has 0 unspecified atom stereocenters. The van der Waals surface area contributed by atoms with Gasteiger partial charge in [0, 0.05) is 17.8 Å². The molecule has 7 nitrogen and oxygen atoms in total. The number of nitrogens with zero attached hydrogens (tertiary/aromatic N) is 2. The Morgan fingerprint density at radius 1 is 1.50 bits per heavy atom. The first-order valence-electron chi connectivity index (χ1n) is 5.63. The lowest BCUT2D eigenvalue weighted by molar-refractivity contribution is 0.0703. The van der Waals surface area contributed by atoms with Crippen LogP contribution < -0.4 is 15.0 Å². The molecule has 0 saturated heterocycles. The molecular formula is C12H13N3O4S. The number of carbonyl (C=O) groups excluding carboxylic acids is 1. The molecule has 0 bridgehead atoms. The van der Waals surface area contributed by atoms with E-state index in [1.54, 1.807) is 35.9 Å². The minimum absolute atomic E-state index is 0.0670. The van der Waals surface area contributed by atoms with E-state index >= 15 is 0 Å². The molecule has 0 atom stereocenters. The van der Waals surface area contributed by atoms with Crippen LogP contribution in [0.3, 0.4) is 0 Å². The summed E-state index contributed by atoms with van der Waals surface area (Å²) < 4.78 is 12.0. The maximum atomic E-state index is 11.6. The number of nitrogens with one attached hydrogen (secondary N) is 1. The molecule has 20 heavy (non-hydrogen) atoms. The van der Waals surface area contributed by atoms with Crippen LogP contribution in [0.5, 0.6) is 11.6 Å². The SMILES string of the molecule is COc1cccc(C(=O)NO)c1COc1ccn(S)n1. The normalized spacial score (nSPS) is 10.2. The number of benzene rings is 1. The Morgan fingerprint density at radius 3 is 2.90 bits per heavy atom. The monoisotopic (exact) mass is 295 g/mol. The lowest BCUT2D eigenvalue weighted by Gasteiger charge is -2.12. The van der Waals surface area contributed by atoms with Crippen LogP contribution in [0.25, 0.3) is 0 Å². The zero-order valence-electron chi connectivity index (χ0n) is 10.6. The summed E-state index contributed by atoms with van der Waals surface area (Å²) in [5.41, 5.74) is 2.36. The highest BCUT2D eigenvalue weighted by Gasteiger charge is 2.16. The van der Waals surface area contributed by atoms with Gasteiger partial charge in [-0.15, -0.1) is 5.10 Å². The van der Waals surface area contributed by atoms with E-state index in [1.807, 2.05) is 0 Å². The first-order valence-corrected chi connectivity index (χ1v) is 6.03. The Morgan fingerprint density at radius 2 is 2.30 bits per heavy atom.